The molecule has 0 radical (unpaired) electrons. The van der Waals surface area contributed by atoms with Crippen LogP contribution in [0, 0.1) is 6.92 Å². The first-order valence-electron chi connectivity index (χ1n) is 8.38. The van der Waals surface area contributed by atoms with Crippen LogP contribution in [0.3, 0.4) is 0 Å². The largest absolute Gasteiger partial charge is 0.477 e. The van der Waals surface area contributed by atoms with Gasteiger partial charge in [-0.1, -0.05) is 12.1 Å². The Morgan fingerprint density at radius 1 is 1.36 bits per heavy atom. The van der Waals surface area contributed by atoms with E-state index >= 15 is 0 Å². The summed E-state index contributed by atoms with van der Waals surface area (Å²) < 4.78 is 30.4. The molecular formula is C19H14F2N2O4S. The second-order valence-electron chi connectivity index (χ2n) is 6.30. The van der Waals surface area contributed by atoms with E-state index < -0.39 is 12.6 Å². The number of thiophene rings is 1. The lowest BCUT2D eigenvalue weighted by Crippen LogP contribution is -2.20. The normalized spacial score (nSPS) is 14.8. The number of fused-ring (bicyclic) bond motifs is 2. The fourth-order valence-electron chi connectivity index (χ4n) is 3.30. The number of hydrogen-bond donors (Lipinski definition) is 1. The highest BCUT2D eigenvalue weighted by Gasteiger charge is 2.25. The highest BCUT2D eigenvalue weighted by Crippen LogP contribution is 2.32. The lowest BCUT2D eigenvalue weighted by Gasteiger charge is -2.05. The van der Waals surface area contributed by atoms with Gasteiger partial charge in [0, 0.05) is 6.54 Å². The first-order chi connectivity index (χ1) is 13.3. The molecule has 0 saturated carbocycles. The molecular weight excluding hydrogens is 390 g/mol. The predicted octanol–water partition coefficient (Wildman–Crippen LogP) is 4.01. The summed E-state index contributed by atoms with van der Waals surface area (Å²) in [6.07, 6.45) is 2.43. The first-order valence-corrected chi connectivity index (χ1v) is 9.20. The summed E-state index contributed by atoms with van der Waals surface area (Å²) in [5.74, 6) is -0.509. The van der Waals surface area contributed by atoms with Gasteiger partial charge >= 0.3 is 12.6 Å². The number of ether oxygens (including phenoxy) is 1. The Bertz CT molecular complexity index is 1180. The zero-order chi connectivity index (χ0) is 20.0. The lowest BCUT2D eigenvalue weighted by molar-refractivity contribution is -0.0498. The third kappa shape index (κ3) is 3.07. The van der Waals surface area contributed by atoms with Crippen molar-refractivity contribution in [1.82, 2.24) is 9.55 Å². The van der Waals surface area contributed by atoms with Crippen LogP contribution in [0.2, 0.25) is 0 Å². The molecule has 1 aromatic carbocycles. The van der Waals surface area contributed by atoms with E-state index in [0.29, 0.717) is 34.6 Å². The molecule has 0 spiro atoms. The second kappa shape index (κ2) is 6.83. The van der Waals surface area contributed by atoms with Crippen LogP contribution in [0.15, 0.2) is 29.1 Å². The van der Waals surface area contributed by atoms with Gasteiger partial charge in [-0.3, -0.25) is 9.36 Å². The van der Waals surface area contributed by atoms with Crippen molar-refractivity contribution in [3.05, 3.63) is 56.4 Å². The highest BCUT2D eigenvalue weighted by atomic mass is 32.1. The van der Waals surface area contributed by atoms with Crippen molar-refractivity contribution in [2.24, 2.45) is 0 Å². The number of rotatable bonds is 4. The number of alkyl halides is 2. The Morgan fingerprint density at radius 2 is 2.07 bits per heavy atom. The molecule has 2 aromatic heterocycles. The number of benzene rings is 1. The molecule has 3 aromatic rings. The lowest BCUT2D eigenvalue weighted by atomic mass is 10.1. The van der Waals surface area contributed by atoms with Gasteiger partial charge in [-0.15, -0.1) is 11.3 Å². The van der Waals surface area contributed by atoms with Gasteiger partial charge in [0.05, 0.1) is 5.39 Å². The minimum Gasteiger partial charge on any atom is -0.477 e. The standard InChI is InChI=1S/C19H14F2N2O4S/c1-9-13-16(28-14(9)18(25)26)22-15-11(6-7-23(15)17(13)24)8-10-2-4-12(5-3-10)27-19(20)21/h2-5,8,19H,6-7H2,1H3,(H,25,26)/b11-8+. The maximum atomic E-state index is 12.8. The molecule has 9 heteroatoms. The van der Waals surface area contributed by atoms with E-state index in [2.05, 4.69) is 9.72 Å². The minimum absolute atomic E-state index is 0.0651. The molecule has 1 aliphatic heterocycles. The fraction of sp³-hybridized carbons (Fsp3) is 0.211. The molecule has 4 rings (SSSR count). The van der Waals surface area contributed by atoms with E-state index in [1.165, 1.54) is 12.1 Å². The maximum absolute atomic E-state index is 12.8. The summed E-state index contributed by atoms with van der Waals surface area (Å²) in [5.41, 5.74) is 1.77. The van der Waals surface area contributed by atoms with Crippen LogP contribution < -0.4 is 10.3 Å². The third-order valence-corrected chi connectivity index (χ3v) is 5.76. The Hall–Kier alpha value is -3.07. The molecule has 28 heavy (non-hydrogen) atoms. The maximum Gasteiger partial charge on any atom is 0.387 e. The summed E-state index contributed by atoms with van der Waals surface area (Å²) in [7, 11) is 0. The van der Waals surface area contributed by atoms with Gasteiger partial charge in [0.2, 0.25) is 0 Å². The fourth-order valence-corrected chi connectivity index (χ4v) is 4.31. The van der Waals surface area contributed by atoms with Crippen molar-refractivity contribution in [3.8, 4) is 5.75 Å². The van der Waals surface area contributed by atoms with E-state index in [0.717, 1.165) is 22.5 Å². The minimum atomic E-state index is -2.88. The van der Waals surface area contributed by atoms with E-state index in [4.69, 9.17) is 0 Å². The molecule has 3 heterocycles. The smallest absolute Gasteiger partial charge is 0.387 e. The van der Waals surface area contributed by atoms with Crippen molar-refractivity contribution in [1.29, 1.82) is 0 Å². The molecule has 1 aliphatic rings. The summed E-state index contributed by atoms with van der Waals surface area (Å²) in [4.78, 5) is 29.3. The van der Waals surface area contributed by atoms with Crippen molar-refractivity contribution in [2.75, 3.05) is 0 Å². The zero-order valence-corrected chi connectivity index (χ0v) is 15.4. The van der Waals surface area contributed by atoms with Gasteiger partial charge < -0.3 is 9.84 Å². The van der Waals surface area contributed by atoms with E-state index in [1.807, 2.05) is 6.08 Å². The van der Waals surface area contributed by atoms with Gasteiger partial charge in [-0.2, -0.15) is 8.78 Å². The van der Waals surface area contributed by atoms with Crippen LogP contribution in [0.1, 0.15) is 33.0 Å². The predicted molar refractivity (Wildman–Crippen MR) is 101 cm³/mol. The van der Waals surface area contributed by atoms with E-state index in [-0.39, 0.29) is 16.2 Å². The van der Waals surface area contributed by atoms with Gasteiger partial charge in [-0.25, -0.2) is 9.78 Å². The van der Waals surface area contributed by atoms with Crippen LogP contribution in [0.25, 0.3) is 21.9 Å². The molecule has 0 fully saturated rings. The Balaban J connectivity index is 1.76. The number of nitrogens with zero attached hydrogens (tertiary/aromatic N) is 2. The average Bonchev–Trinajstić information content (AvgIpc) is 3.18. The molecule has 144 valence electrons. The van der Waals surface area contributed by atoms with Crippen LogP contribution in [-0.4, -0.2) is 27.2 Å². The molecule has 1 N–H and O–H groups in total. The molecule has 0 aliphatic carbocycles. The zero-order valence-electron chi connectivity index (χ0n) is 14.6. The van der Waals surface area contributed by atoms with Crippen molar-refractivity contribution < 1.29 is 23.4 Å². The number of carbonyl (C=O) groups is 1. The molecule has 6 nitrogen and oxygen atoms in total. The Morgan fingerprint density at radius 3 is 2.71 bits per heavy atom. The third-order valence-electron chi connectivity index (χ3n) is 4.58. The van der Waals surface area contributed by atoms with E-state index in [9.17, 15) is 23.5 Å². The average molecular weight is 404 g/mol. The van der Waals surface area contributed by atoms with Crippen LogP contribution in [0.5, 0.6) is 5.75 Å². The van der Waals surface area contributed by atoms with Crippen molar-refractivity contribution in [3.63, 3.8) is 0 Å². The number of allylic oxidation sites excluding steroid dienone is 1. The summed E-state index contributed by atoms with van der Waals surface area (Å²) in [6, 6.07) is 6.17. The number of halogens is 2. The summed E-state index contributed by atoms with van der Waals surface area (Å²) in [5, 5.41) is 9.64. The van der Waals surface area contributed by atoms with Gasteiger partial charge in [0.15, 0.2) is 0 Å². The quantitative estimate of drug-likeness (QED) is 0.711. The summed E-state index contributed by atoms with van der Waals surface area (Å²) >= 11 is 0.989. The van der Waals surface area contributed by atoms with Crippen molar-refractivity contribution in [2.45, 2.75) is 26.5 Å². The topological polar surface area (TPSA) is 81.4 Å². The molecule has 0 amide bonds. The Labute approximate surface area is 161 Å². The second-order valence-corrected chi connectivity index (χ2v) is 7.30. The van der Waals surface area contributed by atoms with Gasteiger partial charge in [0.1, 0.15) is 21.3 Å². The monoisotopic (exact) mass is 404 g/mol. The molecule has 0 bridgehead atoms. The molecule has 0 saturated heterocycles. The van der Waals surface area contributed by atoms with Gasteiger partial charge in [-0.05, 0) is 48.3 Å². The first kappa shape index (κ1) is 18.3. The SMILES string of the molecule is Cc1c(C(=O)O)sc2nc3n(c(=O)c12)CC/C3=C\c1ccc(OC(F)F)cc1. The van der Waals surface area contributed by atoms with E-state index in [1.54, 1.807) is 23.6 Å². The summed E-state index contributed by atoms with van der Waals surface area (Å²) in [6.45, 7) is -0.811. The number of carboxylic acid groups (broad SMARTS) is 1. The Kier molecular flexibility index (Phi) is 4.46. The number of aromatic carboxylic acids is 1. The highest BCUT2D eigenvalue weighted by molar-refractivity contribution is 7.20. The van der Waals surface area contributed by atoms with Crippen LogP contribution in [-0.2, 0) is 6.54 Å². The molecule has 0 atom stereocenters. The van der Waals surface area contributed by atoms with Gasteiger partial charge in [0.25, 0.3) is 5.56 Å². The van der Waals surface area contributed by atoms with Crippen LogP contribution >= 0.6 is 11.3 Å². The molecule has 0 unspecified atom stereocenters. The number of aryl methyl sites for hydroxylation is 1. The number of carboxylic acids is 1. The van der Waals surface area contributed by atoms with Crippen molar-refractivity contribution >= 4 is 39.2 Å². The number of hydrogen-bond acceptors (Lipinski definition) is 5. The number of aromatic nitrogens is 2. The van der Waals surface area contributed by atoms with Crippen LogP contribution in [0.4, 0.5) is 8.78 Å².